The highest BCUT2D eigenvalue weighted by atomic mass is 79.9. The van der Waals surface area contributed by atoms with Gasteiger partial charge in [-0.3, -0.25) is 4.79 Å². The lowest BCUT2D eigenvalue weighted by Crippen LogP contribution is -2.17. The molecule has 0 aromatic carbocycles. The van der Waals surface area contributed by atoms with Gasteiger partial charge < -0.3 is 10.5 Å². The van der Waals surface area contributed by atoms with Crippen LogP contribution in [0.2, 0.25) is 0 Å². The Bertz CT molecular complexity index is 87.0. The van der Waals surface area contributed by atoms with E-state index in [0.29, 0.717) is 6.61 Å². The minimum atomic E-state index is -0.337. The van der Waals surface area contributed by atoms with Crippen LogP contribution in [0.5, 0.6) is 0 Å². The van der Waals surface area contributed by atoms with Gasteiger partial charge in [0.15, 0.2) is 0 Å². The molecule has 0 saturated heterocycles. The number of hydrogen-bond acceptors (Lipinski definition) is 3. The van der Waals surface area contributed by atoms with E-state index in [1.807, 2.05) is 0 Å². The van der Waals surface area contributed by atoms with E-state index < -0.39 is 0 Å². The van der Waals surface area contributed by atoms with Gasteiger partial charge in [-0.05, 0) is 6.42 Å². The average molecular weight is 196 g/mol. The van der Waals surface area contributed by atoms with Crippen molar-refractivity contribution in [3.05, 3.63) is 0 Å². The summed E-state index contributed by atoms with van der Waals surface area (Å²) in [5, 5.41) is 0.852. The number of esters is 1. The Morgan fingerprint density at radius 2 is 2.33 bits per heavy atom. The number of halogens is 1. The standard InChI is InChI=1S/C5H10BrNO2/c6-2-1-3-9-5(8)4-7/h1-4,7H2. The first-order valence-corrected chi connectivity index (χ1v) is 3.85. The summed E-state index contributed by atoms with van der Waals surface area (Å²) >= 11 is 3.20. The zero-order valence-electron chi connectivity index (χ0n) is 5.10. The number of nitrogens with two attached hydrogens (primary N) is 1. The van der Waals surface area contributed by atoms with Gasteiger partial charge in [0.1, 0.15) is 0 Å². The van der Waals surface area contributed by atoms with Crippen LogP contribution >= 0.6 is 15.9 Å². The Hall–Kier alpha value is -0.0900. The predicted molar refractivity (Wildman–Crippen MR) is 38.4 cm³/mol. The Balaban J connectivity index is 2.97. The highest BCUT2D eigenvalue weighted by Crippen LogP contribution is 1.87. The molecule has 0 saturated carbocycles. The molecule has 0 aromatic heterocycles. The minimum absolute atomic E-state index is 0.0255. The molecule has 2 N–H and O–H groups in total. The number of alkyl halides is 1. The molecule has 0 aromatic rings. The van der Waals surface area contributed by atoms with Crippen LogP contribution in [0.3, 0.4) is 0 Å². The summed E-state index contributed by atoms with van der Waals surface area (Å²) in [6.45, 7) is 0.434. The van der Waals surface area contributed by atoms with Gasteiger partial charge >= 0.3 is 5.97 Å². The third-order valence-corrected chi connectivity index (χ3v) is 1.27. The smallest absolute Gasteiger partial charge is 0.319 e. The second kappa shape index (κ2) is 6.04. The van der Waals surface area contributed by atoms with Crippen molar-refractivity contribution in [1.82, 2.24) is 0 Å². The third kappa shape index (κ3) is 5.79. The van der Waals surface area contributed by atoms with Gasteiger partial charge in [-0.15, -0.1) is 0 Å². The van der Waals surface area contributed by atoms with Crippen molar-refractivity contribution in [3.8, 4) is 0 Å². The highest BCUT2D eigenvalue weighted by Gasteiger charge is 1.95. The van der Waals surface area contributed by atoms with Gasteiger partial charge in [0, 0.05) is 5.33 Å². The number of hydrogen-bond donors (Lipinski definition) is 1. The van der Waals surface area contributed by atoms with Crippen LogP contribution < -0.4 is 5.73 Å². The molecule has 0 aliphatic heterocycles. The van der Waals surface area contributed by atoms with Crippen molar-refractivity contribution in [3.63, 3.8) is 0 Å². The van der Waals surface area contributed by atoms with E-state index in [1.54, 1.807) is 0 Å². The van der Waals surface area contributed by atoms with Gasteiger partial charge in [-0.1, -0.05) is 15.9 Å². The van der Waals surface area contributed by atoms with Crippen LogP contribution in [0.4, 0.5) is 0 Å². The van der Waals surface area contributed by atoms with Gasteiger partial charge in [0.05, 0.1) is 13.2 Å². The lowest BCUT2D eigenvalue weighted by atomic mass is 10.5. The van der Waals surface area contributed by atoms with E-state index >= 15 is 0 Å². The number of carbonyl (C=O) groups excluding carboxylic acids is 1. The van der Waals surface area contributed by atoms with Crippen molar-refractivity contribution < 1.29 is 9.53 Å². The lowest BCUT2D eigenvalue weighted by Gasteiger charge is -1.98. The maximum absolute atomic E-state index is 10.3. The van der Waals surface area contributed by atoms with E-state index in [4.69, 9.17) is 5.73 Å². The molecule has 0 fully saturated rings. The molecule has 54 valence electrons. The molecular formula is C5H10BrNO2. The second-order valence-corrected chi connectivity index (χ2v) is 2.26. The van der Waals surface area contributed by atoms with Gasteiger partial charge in [-0.25, -0.2) is 0 Å². The summed E-state index contributed by atoms with van der Waals surface area (Å²) in [5.74, 6) is -0.337. The molecule has 0 radical (unpaired) electrons. The van der Waals surface area contributed by atoms with Gasteiger partial charge in [-0.2, -0.15) is 0 Å². The quantitative estimate of drug-likeness (QED) is 0.399. The van der Waals surface area contributed by atoms with Crippen LogP contribution in [0.15, 0.2) is 0 Å². The Morgan fingerprint density at radius 3 is 2.78 bits per heavy atom. The second-order valence-electron chi connectivity index (χ2n) is 1.47. The van der Waals surface area contributed by atoms with Crippen LogP contribution in [0.25, 0.3) is 0 Å². The molecular weight excluding hydrogens is 186 g/mol. The molecule has 0 amide bonds. The first-order chi connectivity index (χ1) is 4.31. The first kappa shape index (κ1) is 8.91. The molecule has 0 unspecified atom stereocenters. The summed E-state index contributed by atoms with van der Waals surface area (Å²) in [6, 6.07) is 0. The fourth-order valence-corrected chi connectivity index (χ4v) is 0.528. The minimum Gasteiger partial charge on any atom is -0.465 e. The topological polar surface area (TPSA) is 52.3 Å². The summed E-state index contributed by atoms with van der Waals surface area (Å²) in [4.78, 5) is 10.3. The molecule has 0 aliphatic carbocycles. The summed E-state index contributed by atoms with van der Waals surface area (Å²) in [5.41, 5.74) is 4.97. The lowest BCUT2D eigenvalue weighted by molar-refractivity contribution is -0.141. The zero-order valence-corrected chi connectivity index (χ0v) is 6.69. The van der Waals surface area contributed by atoms with Crippen molar-refractivity contribution in [1.29, 1.82) is 0 Å². The Kier molecular flexibility index (Phi) is 5.98. The predicted octanol–water partition coefficient (Wildman–Crippen LogP) is 0.273. The zero-order chi connectivity index (χ0) is 7.11. The van der Waals surface area contributed by atoms with Crippen molar-refractivity contribution in [2.45, 2.75) is 6.42 Å². The molecule has 0 rings (SSSR count). The maximum atomic E-state index is 10.3. The summed E-state index contributed by atoms with van der Waals surface area (Å²) in [7, 11) is 0. The first-order valence-electron chi connectivity index (χ1n) is 2.73. The van der Waals surface area contributed by atoms with Crippen LogP contribution in [0, 0.1) is 0 Å². The maximum Gasteiger partial charge on any atom is 0.319 e. The molecule has 0 heterocycles. The highest BCUT2D eigenvalue weighted by molar-refractivity contribution is 9.09. The summed E-state index contributed by atoms with van der Waals surface area (Å²) < 4.78 is 4.64. The Labute approximate surface area is 62.7 Å². The average Bonchev–Trinajstić information content (AvgIpc) is 1.89. The van der Waals surface area contributed by atoms with Crippen molar-refractivity contribution in [2.24, 2.45) is 5.73 Å². The van der Waals surface area contributed by atoms with Crippen LogP contribution in [-0.2, 0) is 9.53 Å². The van der Waals surface area contributed by atoms with Gasteiger partial charge in [0.2, 0.25) is 0 Å². The molecule has 0 aliphatic rings. The van der Waals surface area contributed by atoms with Crippen molar-refractivity contribution in [2.75, 3.05) is 18.5 Å². The molecule has 0 bridgehead atoms. The normalized spacial score (nSPS) is 9.11. The van der Waals surface area contributed by atoms with E-state index in [1.165, 1.54) is 0 Å². The molecule has 0 spiro atoms. The van der Waals surface area contributed by atoms with Crippen molar-refractivity contribution >= 4 is 21.9 Å². The third-order valence-electron chi connectivity index (χ3n) is 0.708. The van der Waals surface area contributed by atoms with E-state index in [2.05, 4.69) is 20.7 Å². The molecule has 0 atom stereocenters. The number of rotatable bonds is 4. The number of ether oxygens (including phenoxy) is 1. The number of carbonyl (C=O) groups is 1. The SMILES string of the molecule is NCC(=O)OCCCBr. The molecule has 9 heavy (non-hydrogen) atoms. The fourth-order valence-electron chi connectivity index (χ4n) is 0.299. The van der Waals surface area contributed by atoms with Crippen LogP contribution in [0.1, 0.15) is 6.42 Å². The van der Waals surface area contributed by atoms with Crippen LogP contribution in [-0.4, -0.2) is 24.5 Å². The van der Waals surface area contributed by atoms with E-state index in [-0.39, 0.29) is 12.5 Å². The van der Waals surface area contributed by atoms with E-state index in [0.717, 1.165) is 11.8 Å². The largest absolute Gasteiger partial charge is 0.465 e. The molecule has 4 heteroatoms. The summed E-state index contributed by atoms with van der Waals surface area (Å²) in [6.07, 6.45) is 0.839. The van der Waals surface area contributed by atoms with E-state index in [9.17, 15) is 4.79 Å². The fraction of sp³-hybridized carbons (Fsp3) is 0.800. The molecule has 3 nitrogen and oxygen atoms in total. The Morgan fingerprint density at radius 1 is 1.67 bits per heavy atom. The monoisotopic (exact) mass is 195 g/mol. The van der Waals surface area contributed by atoms with Gasteiger partial charge in [0.25, 0.3) is 0 Å².